The van der Waals surface area contributed by atoms with Gasteiger partial charge >= 0.3 is 128 Å². The number of esters is 1. The summed E-state index contributed by atoms with van der Waals surface area (Å²) in [6, 6.07) is 12.2. The first kappa shape index (κ1) is 14.5. The molecule has 0 saturated heterocycles. The number of hydrogen-bond donors (Lipinski definition) is 1. The first-order chi connectivity index (χ1) is 9.58. The van der Waals surface area contributed by atoms with E-state index in [1.807, 2.05) is 30.3 Å². The van der Waals surface area contributed by atoms with Crippen LogP contribution in [0.3, 0.4) is 0 Å². The van der Waals surface area contributed by atoms with Crippen molar-refractivity contribution in [2.75, 3.05) is 0 Å². The van der Waals surface area contributed by atoms with Crippen LogP contribution in [-0.2, 0) is 11.3 Å². The minimum absolute atomic E-state index is 0.0685. The number of carboxylic acids is 1. The molecule has 1 aromatic carbocycles. The second kappa shape index (κ2) is 6.51. The molecule has 0 amide bonds. The third-order valence-corrected chi connectivity index (χ3v) is 3.67. The number of hydrogen-bond acceptors (Lipinski definition) is 4. The molecule has 5 nitrogen and oxygen atoms in total. The number of carboxylic acid groups (broad SMARTS) is 1. The van der Waals surface area contributed by atoms with E-state index in [9.17, 15) is 9.59 Å². The third kappa shape index (κ3) is 3.57. The Labute approximate surface area is 128 Å². The van der Waals surface area contributed by atoms with Gasteiger partial charge in [0, 0.05) is 0 Å². The van der Waals surface area contributed by atoms with E-state index < -0.39 is 11.9 Å². The summed E-state index contributed by atoms with van der Waals surface area (Å²) < 4.78 is 5.82. The average Bonchev–Trinajstić information content (AvgIpc) is 2.46. The Hall–Kier alpha value is -1.89. The quantitative estimate of drug-likeness (QED) is 0.636. The van der Waals surface area contributed by atoms with E-state index in [0.29, 0.717) is 3.58 Å². The van der Waals surface area contributed by atoms with Crippen molar-refractivity contribution in [3.05, 3.63) is 59.4 Å². The van der Waals surface area contributed by atoms with E-state index in [1.165, 1.54) is 6.07 Å². The standard InChI is InChI=1S/C14H10NO4.Sn/c16-13(17)11-7-4-8-12(15-11)14(18)19-9-10-5-2-1-3-6-10;/h1-7H,9H2,(H,16,17);. The molecule has 2 rings (SSSR count). The van der Waals surface area contributed by atoms with Gasteiger partial charge in [0.2, 0.25) is 0 Å². The molecule has 0 atom stereocenters. The number of pyridine rings is 1. The van der Waals surface area contributed by atoms with Gasteiger partial charge in [-0.3, -0.25) is 0 Å². The Morgan fingerprint density at radius 1 is 1.15 bits per heavy atom. The number of rotatable bonds is 4. The van der Waals surface area contributed by atoms with Gasteiger partial charge in [0.15, 0.2) is 0 Å². The van der Waals surface area contributed by atoms with Crippen LogP contribution < -0.4 is 3.58 Å². The van der Waals surface area contributed by atoms with Crippen molar-refractivity contribution in [2.45, 2.75) is 6.61 Å². The topological polar surface area (TPSA) is 76.5 Å². The Morgan fingerprint density at radius 3 is 2.50 bits per heavy atom. The van der Waals surface area contributed by atoms with Crippen molar-refractivity contribution in [1.29, 1.82) is 0 Å². The van der Waals surface area contributed by atoms with Gasteiger partial charge in [-0.2, -0.15) is 0 Å². The zero-order chi connectivity index (χ0) is 14.5. The molecular formula is C14H10NO4Sn. The minimum atomic E-state index is -1.17. The summed E-state index contributed by atoms with van der Waals surface area (Å²) in [4.78, 5) is 26.6. The van der Waals surface area contributed by atoms with Crippen molar-refractivity contribution >= 4 is 38.0 Å². The fraction of sp³-hybridized carbons (Fsp3) is 0.0714. The van der Waals surface area contributed by atoms with E-state index in [-0.39, 0.29) is 18.0 Å². The molecule has 2 aromatic rings. The molecule has 1 N–H and O–H groups in total. The summed E-state index contributed by atoms with van der Waals surface area (Å²) in [6.07, 6.45) is 0. The number of nitrogens with zero attached hydrogens (tertiary/aromatic N) is 1. The Balaban J connectivity index is 2.13. The van der Waals surface area contributed by atoms with Gasteiger partial charge in [0.25, 0.3) is 0 Å². The third-order valence-electron chi connectivity index (χ3n) is 2.52. The maximum absolute atomic E-state index is 12.0. The van der Waals surface area contributed by atoms with Crippen molar-refractivity contribution in [2.24, 2.45) is 0 Å². The average molecular weight is 375 g/mol. The molecule has 0 aliphatic carbocycles. The zero-order valence-electron chi connectivity index (χ0n) is 10.4. The van der Waals surface area contributed by atoms with Crippen LogP contribution in [0.1, 0.15) is 26.5 Å². The Morgan fingerprint density at radius 2 is 1.85 bits per heavy atom. The monoisotopic (exact) mass is 376 g/mol. The molecule has 0 saturated carbocycles. The SMILES string of the molecule is O=C(O)c1cc[c]([Sn])c(C(=O)OCc2ccccc2)n1. The second-order valence-electron chi connectivity index (χ2n) is 3.96. The second-order valence-corrected chi connectivity index (χ2v) is 5.50. The van der Waals surface area contributed by atoms with Gasteiger partial charge in [-0.1, -0.05) is 0 Å². The molecule has 0 unspecified atom stereocenters. The molecular weight excluding hydrogens is 365 g/mol. The van der Waals surface area contributed by atoms with Crippen LogP contribution in [0, 0.1) is 0 Å². The summed E-state index contributed by atoms with van der Waals surface area (Å²) in [5.41, 5.74) is 0.766. The fourth-order valence-corrected chi connectivity index (χ4v) is 2.21. The van der Waals surface area contributed by atoms with E-state index in [0.717, 1.165) is 28.1 Å². The predicted molar refractivity (Wildman–Crippen MR) is 72.1 cm³/mol. The van der Waals surface area contributed by atoms with E-state index in [1.54, 1.807) is 6.07 Å². The number of carbonyl (C=O) groups is 2. The van der Waals surface area contributed by atoms with Crippen LogP contribution in [0.25, 0.3) is 0 Å². The van der Waals surface area contributed by atoms with Gasteiger partial charge in [-0.15, -0.1) is 0 Å². The van der Waals surface area contributed by atoms with E-state index in [4.69, 9.17) is 9.84 Å². The molecule has 0 aliphatic heterocycles. The summed E-state index contributed by atoms with van der Waals surface area (Å²) in [5, 5.41) is 8.88. The Kier molecular flexibility index (Phi) is 4.73. The summed E-state index contributed by atoms with van der Waals surface area (Å²) in [6.45, 7) is 0.133. The molecule has 1 heterocycles. The number of aromatic nitrogens is 1. The Bertz CT molecular complexity index is 643. The normalized spacial score (nSPS) is 10.1. The van der Waals surface area contributed by atoms with Gasteiger partial charge < -0.3 is 0 Å². The number of carbonyl (C=O) groups excluding carboxylic acids is 1. The van der Waals surface area contributed by atoms with Crippen LogP contribution in [0.15, 0.2) is 42.5 Å². The van der Waals surface area contributed by atoms with Gasteiger partial charge in [-0.25, -0.2) is 0 Å². The van der Waals surface area contributed by atoms with E-state index in [2.05, 4.69) is 4.98 Å². The number of benzene rings is 1. The molecule has 0 aliphatic rings. The van der Waals surface area contributed by atoms with Crippen LogP contribution in [-0.4, -0.2) is 44.6 Å². The fourth-order valence-electron chi connectivity index (χ4n) is 1.53. The number of ether oxygens (including phenoxy) is 1. The van der Waals surface area contributed by atoms with Crippen molar-refractivity contribution in [1.82, 2.24) is 4.98 Å². The van der Waals surface area contributed by atoms with Gasteiger partial charge in [0.1, 0.15) is 0 Å². The van der Waals surface area contributed by atoms with Gasteiger partial charge in [-0.05, 0) is 0 Å². The van der Waals surface area contributed by atoms with Crippen LogP contribution in [0.5, 0.6) is 0 Å². The number of aromatic carboxylic acids is 1. The molecule has 20 heavy (non-hydrogen) atoms. The molecule has 0 fully saturated rings. The first-order valence-electron chi connectivity index (χ1n) is 5.75. The van der Waals surface area contributed by atoms with Crippen LogP contribution >= 0.6 is 0 Å². The molecule has 0 bridgehead atoms. The molecule has 3 radical (unpaired) electrons. The predicted octanol–water partition coefficient (Wildman–Crippen LogP) is 0.931. The molecule has 99 valence electrons. The molecule has 0 spiro atoms. The maximum atomic E-state index is 12.0. The molecule has 6 heteroatoms. The van der Waals surface area contributed by atoms with Crippen molar-refractivity contribution in [3.8, 4) is 0 Å². The van der Waals surface area contributed by atoms with Crippen LogP contribution in [0.2, 0.25) is 0 Å². The van der Waals surface area contributed by atoms with E-state index >= 15 is 0 Å². The van der Waals surface area contributed by atoms with Gasteiger partial charge in [0.05, 0.1) is 0 Å². The first-order valence-corrected chi connectivity index (χ1v) is 7.17. The zero-order valence-corrected chi connectivity index (χ0v) is 13.2. The summed E-state index contributed by atoms with van der Waals surface area (Å²) in [5.74, 6) is -1.78. The van der Waals surface area contributed by atoms with Crippen molar-refractivity contribution in [3.63, 3.8) is 0 Å². The summed E-state index contributed by atoms with van der Waals surface area (Å²) >= 11 is 0.972. The summed E-state index contributed by atoms with van der Waals surface area (Å²) in [7, 11) is 0. The van der Waals surface area contributed by atoms with Crippen LogP contribution in [0.4, 0.5) is 0 Å². The molecule has 1 aromatic heterocycles. The van der Waals surface area contributed by atoms with Crippen molar-refractivity contribution < 1.29 is 19.4 Å².